The monoisotopic (exact) mass is 318 g/mol. The fourth-order valence-electron chi connectivity index (χ4n) is 3.51. The van der Waals surface area contributed by atoms with E-state index in [0.717, 1.165) is 44.7 Å². The third-order valence-electron chi connectivity index (χ3n) is 4.70. The number of fused-ring (bicyclic) bond motifs is 1. The molecule has 124 valence electrons. The molecule has 2 aromatic rings. The molecule has 2 fully saturated rings. The van der Waals surface area contributed by atoms with E-state index in [0.29, 0.717) is 17.0 Å². The molecule has 2 aromatic heterocycles. The highest BCUT2D eigenvalue weighted by atomic mass is 16.5. The predicted octanol–water partition coefficient (Wildman–Crippen LogP) is 1.07. The molecule has 0 aliphatic carbocycles. The lowest BCUT2D eigenvalue weighted by molar-refractivity contribution is -0.0201. The van der Waals surface area contributed by atoms with E-state index in [1.807, 2.05) is 4.57 Å². The topological polar surface area (TPSA) is 102 Å². The van der Waals surface area contributed by atoms with E-state index in [4.69, 9.17) is 15.5 Å². The lowest BCUT2D eigenvalue weighted by Crippen LogP contribution is -2.32. The number of hydrogen-bond donors (Lipinski definition) is 2. The normalized spacial score (nSPS) is 25.3. The summed E-state index contributed by atoms with van der Waals surface area (Å²) in [5.41, 5.74) is 7.33. The van der Waals surface area contributed by atoms with Crippen LogP contribution in [0.25, 0.3) is 11.2 Å². The van der Waals surface area contributed by atoms with E-state index in [2.05, 4.69) is 14.9 Å². The van der Waals surface area contributed by atoms with Crippen LogP contribution in [0.1, 0.15) is 38.3 Å². The molecule has 2 unspecified atom stereocenters. The molecule has 0 bridgehead atoms. The molecule has 23 heavy (non-hydrogen) atoms. The van der Waals surface area contributed by atoms with E-state index in [9.17, 15) is 5.11 Å². The van der Waals surface area contributed by atoms with Gasteiger partial charge in [-0.05, 0) is 32.1 Å². The minimum Gasteiger partial charge on any atom is -0.394 e. The number of imidazole rings is 1. The number of piperidine rings is 1. The van der Waals surface area contributed by atoms with Crippen LogP contribution in [0.3, 0.4) is 0 Å². The first kappa shape index (κ1) is 14.6. The molecule has 0 saturated carbocycles. The van der Waals surface area contributed by atoms with Crippen LogP contribution >= 0.6 is 0 Å². The van der Waals surface area contributed by atoms with Gasteiger partial charge in [-0.3, -0.25) is 4.57 Å². The van der Waals surface area contributed by atoms with E-state index < -0.39 is 0 Å². The molecule has 4 rings (SSSR count). The van der Waals surface area contributed by atoms with Gasteiger partial charge in [0.15, 0.2) is 17.0 Å². The van der Waals surface area contributed by atoms with Gasteiger partial charge in [0.25, 0.3) is 0 Å². The summed E-state index contributed by atoms with van der Waals surface area (Å²) >= 11 is 0. The summed E-state index contributed by atoms with van der Waals surface area (Å²) in [5.74, 6) is 1.25. The van der Waals surface area contributed by atoms with Crippen molar-refractivity contribution in [2.24, 2.45) is 0 Å². The first-order valence-electron chi connectivity index (χ1n) is 8.27. The van der Waals surface area contributed by atoms with Crippen molar-refractivity contribution in [1.82, 2.24) is 19.5 Å². The van der Waals surface area contributed by atoms with Crippen molar-refractivity contribution in [1.29, 1.82) is 0 Å². The maximum absolute atomic E-state index is 9.35. The average Bonchev–Trinajstić information content (AvgIpc) is 3.20. The van der Waals surface area contributed by atoms with Gasteiger partial charge in [-0.25, -0.2) is 15.0 Å². The lowest BCUT2D eigenvalue weighted by Gasteiger charge is -2.29. The summed E-state index contributed by atoms with van der Waals surface area (Å²) in [6.07, 6.45) is 6.43. The van der Waals surface area contributed by atoms with Crippen LogP contribution in [-0.4, -0.2) is 50.4 Å². The molecule has 8 nitrogen and oxygen atoms in total. The number of nitrogens with zero attached hydrogens (tertiary/aromatic N) is 5. The molecule has 4 heterocycles. The van der Waals surface area contributed by atoms with Gasteiger partial charge >= 0.3 is 0 Å². The van der Waals surface area contributed by atoms with Crippen molar-refractivity contribution in [2.45, 2.75) is 44.4 Å². The highest BCUT2D eigenvalue weighted by Crippen LogP contribution is 2.36. The minimum absolute atomic E-state index is 0.0410. The number of aliphatic hydroxyl groups excluding tert-OH is 1. The first-order chi connectivity index (χ1) is 11.3. The molecule has 3 N–H and O–H groups in total. The Bertz CT molecular complexity index is 697. The molecule has 0 spiro atoms. The Morgan fingerprint density at radius 3 is 2.78 bits per heavy atom. The number of hydrogen-bond acceptors (Lipinski definition) is 7. The van der Waals surface area contributed by atoms with E-state index in [-0.39, 0.29) is 18.9 Å². The molecule has 8 heteroatoms. The quantitative estimate of drug-likeness (QED) is 0.872. The van der Waals surface area contributed by atoms with E-state index in [1.165, 1.54) is 12.7 Å². The number of nitrogen functional groups attached to an aromatic ring is 1. The van der Waals surface area contributed by atoms with Crippen molar-refractivity contribution in [3.8, 4) is 0 Å². The van der Waals surface area contributed by atoms with Crippen molar-refractivity contribution in [2.75, 3.05) is 30.3 Å². The zero-order valence-electron chi connectivity index (χ0n) is 13.1. The van der Waals surface area contributed by atoms with Crippen LogP contribution in [0.4, 0.5) is 11.8 Å². The lowest BCUT2D eigenvalue weighted by atomic mass is 10.1. The molecule has 2 aliphatic rings. The third-order valence-corrected chi connectivity index (χ3v) is 4.70. The number of nitrogens with two attached hydrogens (primary N) is 1. The van der Waals surface area contributed by atoms with E-state index in [1.54, 1.807) is 0 Å². The van der Waals surface area contributed by atoms with Gasteiger partial charge in [-0.15, -0.1) is 0 Å². The number of aromatic nitrogens is 4. The highest BCUT2D eigenvalue weighted by Gasteiger charge is 2.32. The molecule has 0 aromatic carbocycles. The molecule has 2 saturated heterocycles. The number of rotatable bonds is 3. The summed E-state index contributed by atoms with van der Waals surface area (Å²) < 4.78 is 8.02. The van der Waals surface area contributed by atoms with Crippen molar-refractivity contribution < 1.29 is 9.84 Å². The fraction of sp³-hybridized carbons (Fsp3) is 0.667. The van der Waals surface area contributed by atoms with Crippen LogP contribution in [0.2, 0.25) is 0 Å². The largest absolute Gasteiger partial charge is 0.394 e. The second kappa shape index (κ2) is 5.93. The summed E-state index contributed by atoms with van der Waals surface area (Å²) in [4.78, 5) is 15.5. The van der Waals surface area contributed by atoms with Crippen molar-refractivity contribution in [3.05, 3.63) is 6.33 Å². The van der Waals surface area contributed by atoms with Gasteiger partial charge in [-0.2, -0.15) is 0 Å². The predicted molar refractivity (Wildman–Crippen MR) is 86.0 cm³/mol. The summed E-state index contributed by atoms with van der Waals surface area (Å²) in [5, 5.41) is 9.35. The van der Waals surface area contributed by atoms with Crippen molar-refractivity contribution >= 4 is 22.9 Å². The molecule has 0 radical (unpaired) electrons. The Labute approximate surface area is 134 Å². The second-order valence-electron chi connectivity index (χ2n) is 6.23. The average molecular weight is 318 g/mol. The summed E-state index contributed by atoms with van der Waals surface area (Å²) in [6, 6.07) is 0. The van der Waals surface area contributed by atoms with Crippen LogP contribution in [0, 0.1) is 0 Å². The number of ether oxygens (including phenoxy) is 1. The second-order valence-corrected chi connectivity index (χ2v) is 6.23. The molecule has 2 aliphatic heterocycles. The maximum Gasteiger partial charge on any atom is 0.210 e. The Hall–Kier alpha value is -1.93. The smallest absolute Gasteiger partial charge is 0.210 e. The Balaban J connectivity index is 1.80. The van der Waals surface area contributed by atoms with Crippen LogP contribution < -0.4 is 10.6 Å². The summed E-state index contributed by atoms with van der Waals surface area (Å²) in [6.45, 7) is 2.00. The Kier molecular flexibility index (Phi) is 3.78. The Morgan fingerprint density at radius 2 is 2.04 bits per heavy atom. The molecular weight excluding hydrogens is 296 g/mol. The fourth-order valence-corrected chi connectivity index (χ4v) is 3.51. The SMILES string of the molecule is Nc1ncnc2c1nc(N1CCCCC1)n2C1CCC(CO)O1. The van der Waals surface area contributed by atoms with Gasteiger partial charge < -0.3 is 20.5 Å². The standard InChI is InChI=1S/C15H22N6O2/c16-13-12-14(18-9-17-13)21(11-5-4-10(8-22)23-11)15(19-12)20-6-2-1-3-7-20/h9-11,22H,1-8H2,(H2,16,17,18). The first-order valence-corrected chi connectivity index (χ1v) is 8.27. The number of anilines is 2. The third kappa shape index (κ3) is 2.51. The van der Waals surface area contributed by atoms with Crippen LogP contribution in [-0.2, 0) is 4.74 Å². The number of aliphatic hydroxyl groups is 1. The summed E-state index contributed by atoms with van der Waals surface area (Å²) in [7, 11) is 0. The van der Waals surface area contributed by atoms with Gasteiger partial charge in [0.1, 0.15) is 12.6 Å². The van der Waals surface area contributed by atoms with Crippen LogP contribution in [0.5, 0.6) is 0 Å². The Morgan fingerprint density at radius 1 is 1.22 bits per heavy atom. The van der Waals surface area contributed by atoms with Crippen LogP contribution in [0.15, 0.2) is 6.33 Å². The molecule has 2 atom stereocenters. The molecule has 0 amide bonds. The van der Waals surface area contributed by atoms with Gasteiger partial charge in [0, 0.05) is 13.1 Å². The maximum atomic E-state index is 9.35. The molecular formula is C15H22N6O2. The van der Waals surface area contributed by atoms with Crippen molar-refractivity contribution in [3.63, 3.8) is 0 Å². The minimum atomic E-state index is -0.164. The highest BCUT2D eigenvalue weighted by molar-refractivity contribution is 5.84. The zero-order chi connectivity index (χ0) is 15.8. The van der Waals surface area contributed by atoms with Gasteiger partial charge in [0.05, 0.1) is 12.7 Å². The van der Waals surface area contributed by atoms with E-state index >= 15 is 0 Å². The van der Waals surface area contributed by atoms with Gasteiger partial charge in [0.2, 0.25) is 5.95 Å². The van der Waals surface area contributed by atoms with Gasteiger partial charge in [-0.1, -0.05) is 0 Å². The zero-order valence-corrected chi connectivity index (χ0v) is 13.1.